The second kappa shape index (κ2) is 15.2. The van der Waals surface area contributed by atoms with Crippen LogP contribution in [0.3, 0.4) is 0 Å². The Morgan fingerprint density at radius 1 is 0.974 bits per heavy atom. The molecule has 2 aromatic carbocycles. The maximum atomic E-state index is 13.0. The Hall–Kier alpha value is -4.14. The van der Waals surface area contributed by atoms with Gasteiger partial charge in [0.1, 0.15) is 12.6 Å². The van der Waals surface area contributed by atoms with Gasteiger partial charge in [0.2, 0.25) is 0 Å². The fourth-order valence-corrected chi connectivity index (χ4v) is 3.86. The number of hydrogen-bond acceptors (Lipinski definition) is 6. The highest BCUT2D eigenvalue weighted by atomic mass is 16.5. The second-order valence-electron chi connectivity index (χ2n) is 8.98. The van der Waals surface area contributed by atoms with E-state index in [4.69, 9.17) is 9.47 Å². The molecule has 0 saturated heterocycles. The zero-order chi connectivity index (χ0) is 27.2. The van der Waals surface area contributed by atoms with Crippen LogP contribution in [0.5, 0.6) is 0 Å². The van der Waals surface area contributed by atoms with Gasteiger partial charge in [0.15, 0.2) is 0 Å². The van der Waals surface area contributed by atoms with Crippen molar-refractivity contribution in [2.24, 2.45) is 0 Å². The van der Waals surface area contributed by atoms with E-state index < -0.39 is 24.0 Å². The van der Waals surface area contributed by atoms with Crippen LogP contribution in [0.15, 0.2) is 67.1 Å². The highest BCUT2D eigenvalue weighted by Crippen LogP contribution is 2.18. The number of nitrogens with zero attached hydrogens (tertiary/aromatic N) is 2. The number of esters is 2. The third-order valence-corrected chi connectivity index (χ3v) is 6.01. The summed E-state index contributed by atoms with van der Waals surface area (Å²) in [4.78, 5) is 41.6. The number of benzene rings is 2. The van der Waals surface area contributed by atoms with Gasteiger partial charge >= 0.3 is 18.0 Å². The Morgan fingerprint density at radius 3 is 2.42 bits per heavy atom. The third kappa shape index (κ3) is 9.06. The molecule has 1 aromatic heterocycles. The number of aromatic nitrogens is 2. The summed E-state index contributed by atoms with van der Waals surface area (Å²) in [6, 6.07) is 14.9. The van der Waals surface area contributed by atoms with Gasteiger partial charge in [-0.3, -0.25) is 0 Å². The molecule has 9 nitrogen and oxygen atoms in total. The Kier molecular flexibility index (Phi) is 11.4. The number of urea groups is 1. The van der Waals surface area contributed by atoms with Crippen molar-refractivity contribution in [3.05, 3.63) is 78.2 Å². The molecule has 2 amide bonds. The van der Waals surface area contributed by atoms with Gasteiger partial charge in [-0.05, 0) is 24.1 Å². The number of ether oxygens (including phenoxy) is 2. The average molecular weight is 521 g/mol. The molecule has 0 saturated carbocycles. The van der Waals surface area contributed by atoms with Crippen LogP contribution in [0.25, 0.3) is 11.3 Å². The zero-order valence-electron chi connectivity index (χ0n) is 22.0. The number of nitrogens with one attached hydrogen (secondary N) is 2. The normalized spacial score (nSPS) is 11.4. The Bertz CT molecular complexity index is 1160. The maximum Gasteiger partial charge on any atom is 0.337 e. The summed E-state index contributed by atoms with van der Waals surface area (Å²) in [6.07, 6.45) is 8.79. The van der Waals surface area contributed by atoms with E-state index in [1.807, 2.05) is 30.3 Å². The molecule has 1 unspecified atom stereocenters. The van der Waals surface area contributed by atoms with Crippen molar-refractivity contribution in [1.82, 2.24) is 20.2 Å². The fourth-order valence-electron chi connectivity index (χ4n) is 3.86. The van der Waals surface area contributed by atoms with Crippen molar-refractivity contribution in [2.75, 3.05) is 13.7 Å². The first kappa shape index (κ1) is 28.4. The molecule has 3 aromatic rings. The first-order valence-corrected chi connectivity index (χ1v) is 13.0. The SMILES string of the molecule is CCCCCCCNC(=O)NC(Cn1cnc(-c2ccc(C(=O)OC)cc2)c1)C(=O)OCc1ccccc1. The minimum Gasteiger partial charge on any atom is -0.465 e. The highest BCUT2D eigenvalue weighted by molar-refractivity contribution is 5.89. The van der Waals surface area contributed by atoms with Gasteiger partial charge in [0.25, 0.3) is 0 Å². The predicted octanol–water partition coefficient (Wildman–Crippen LogP) is 4.72. The first-order chi connectivity index (χ1) is 18.5. The smallest absolute Gasteiger partial charge is 0.337 e. The molecule has 3 rings (SSSR count). The third-order valence-electron chi connectivity index (χ3n) is 6.01. The topological polar surface area (TPSA) is 112 Å². The van der Waals surface area contributed by atoms with E-state index in [0.29, 0.717) is 17.8 Å². The number of hydrogen-bond donors (Lipinski definition) is 2. The molecular weight excluding hydrogens is 484 g/mol. The molecule has 1 heterocycles. The van der Waals surface area contributed by atoms with Crippen molar-refractivity contribution in [2.45, 2.75) is 58.2 Å². The van der Waals surface area contributed by atoms with Gasteiger partial charge in [-0.25, -0.2) is 19.4 Å². The summed E-state index contributed by atoms with van der Waals surface area (Å²) in [7, 11) is 1.33. The largest absolute Gasteiger partial charge is 0.465 e. The predicted molar refractivity (Wildman–Crippen MR) is 144 cm³/mol. The van der Waals surface area contributed by atoms with Crippen molar-refractivity contribution in [1.29, 1.82) is 0 Å². The van der Waals surface area contributed by atoms with Crippen LogP contribution in [0.4, 0.5) is 4.79 Å². The Labute approximate surface area is 223 Å². The number of methoxy groups -OCH3 is 1. The van der Waals surface area contributed by atoms with E-state index in [-0.39, 0.29) is 13.2 Å². The molecule has 0 aliphatic heterocycles. The van der Waals surface area contributed by atoms with Gasteiger partial charge < -0.3 is 24.7 Å². The molecular formula is C29H36N4O5. The number of rotatable bonds is 14. The molecule has 2 N–H and O–H groups in total. The van der Waals surface area contributed by atoms with E-state index in [9.17, 15) is 14.4 Å². The average Bonchev–Trinajstić information content (AvgIpc) is 3.42. The van der Waals surface area contributed by atoms with Crippen LogP contribution >= 0.6 is 0 Å². The van der Waals surface area contributed by atoms with Crippen LogP contribution < -0.4 is 10.6 Å². The summed E-state index contributed by atoms with van der Waals surface area (Å²) in [5.41, 5.74) is 2.76. The number of unbranched alkanes of at least 4 members (excludes halogenated alkanes) is 4. The van der Waals surface area contributed by atoms with E-state index in [2.05, 4.69) is 22.5 Å². The molecule has 38 heavy (non-hydrogen) atoms. The fraction of sp³-hybridized carbons (Fsp3) is 0.379. The highest BCUT2D eigenvalue weighted by Gasteiger charge is 2.23. The summed E-state index contributed by atoms with van der Waals surface area (Å²) in [5.74, 6) is -0.950. The summed E-state index contributed by atoms with van der Waals surface area (Å²) in [6.45, 7) is 2.95. The molecule has 1 atom stereocenters. The van der Waals surface area contributed by atoms with Gasteiger partial charge in [0, 0.05) is 18.3 Å². The quantitative estimate of drug-likeness (QED) is 0.235. The molecule has 202 valence electrons. The van der Waals surface area contributed by atoms with Crippen molar-refractivity contribution in [3.8, 4) is 11.3 Å². The van der Waals surface area contributed by atoms with Gasteiger partial charge in [-0.15, -0.1) is 0 Å². The molecule has 0 spiro atoms. The lowest BCUT2D eigenvalue weighted by molar-refractivity contribution is -0.147. The minimum atomic E-state index is -0.914. The summed E-state index contributed by atoms with van der Waals surface area (Å²) < 4.78 is 12.0. The van der Waals surface area contributed by atoms with E-state index in [0.717, 1.165) is 36.8 Å². The van der Waals surface area contributed by atoms with Crippen LogP contribution in [-0.2, 0) is 27.4 Å². The molecule has 0 fully saturated rings. The number of carbonyl (C=O) groups is 3. The molecule has 9 heteroatoms. The van der Waals surface area contributed by atoms with Gasteiger partial charge in [0.05, 0.1) is 31.2 Å². The van der Waals surface area contributed by atoms with Crippen molar-refractivity contribution in [3.63, 3.8) is 0 Å². The van der Waals surface area contributed by atoms with Gasteiger partial charge in [-0.1, -0.05) is 75.1 Å². The zero-order valence-corrected chi connectivity index (χ0v) is 22.0. The Morgan fingerprint density at radius 2 is 1.71 bits per heavy atom. The van der Waals surface area contributed by atoms with E-state index in [1.54, 1.807) is 41.4 Å². The molecule has 0 radical (unpaired) electrons. The van der Waals surface area contributed by atoms with Crippen molar-refractivity contribution < 1.29 is 23.9 Å². The summed E-state index contributed by atoms with van der Waals surface area (Å²) in [5, 5.41) is 5.59. The molecule has 0 bridgehead atoms. The van der Waals surface area contributed by atoms with E-state index in [1.165, 1.54) is 13.5 Å². The summed E-state index contributed by atoms with van der Waals surface area (Å²) >= 11 is 0. The van der Waals surface area contributed by atoms with Gasteiger partial charge in [-0.2, -0.15) is 0 Å². The van der Waals surface area contributed by atoms with Crippen LogP contribution in [0.1, 0.15) is 54.9 Å². The number of amides is 2. The Balaban J connectivity index is 1.63. The van der Waals surface area contributed by atoms with Crippen molar-refractivity contribution >= 4 is 18.0 Å². The lowest BCUT2D eigenvalue weighted by Gasteiger charge is -2.18. The second-order valence-corrected chi connectivity index (χ2v) is 8.98. The molecule has 0 aliphatic rings. The van der Waals surface area contributed by atoms with E-state index >= 15 is 0 Å². The number of imidazole rings is 1. The lowest BCUT2D eigenvalue weighted by atomic mass is 10.1. The maximum absolute atomic E-state index is 13.0. The monoisotopic (exact) mass is 520 g/mol. The van der Waals surface area contributed by atoms with Crippen LogP contribution in [0, 0.1) is 0 Å². The minimum absolute atomic E-state index is 0.110. The lowest BCUT2D eigenvalue weighted by Crippen LogP contribution is -2.48. The molecule has 0 aliphatic carbocycles. The first-order valence-electron chi connectivity index (χ1n) is 13.0. The standard InChI is InChI=1S/C29H36N4O5/c1-3-4-5-6-10-17-30-29(36)32-26(28(35)38-20-22-11-8-7-9-12-22)19-33-18-25(31-21-33)23-13-15-24(16-14-23)27(34)37-2/h7-9,11-16,18,21,26H,3-6,10,17,19-20H2,1-2H3,(H2,30,32,36). The number of carbonyl (C=O) groups excluding carboxylic acids is 3. The van der Waals surface area contributed by atoms with Crippen LogP contribution in [0.2, 0.25) is 0 Å². The van der Waals surface area contributed by atoms with Crippen LogP contribution in [-0.4, -0.2) is 47.2 Å².